The van der Waals surface area contributed by atoms with Gasteiger partial charge in [-0.1, -0.05) is 32.0 Å². The molecule has 0 fully saturated rings. The van der Waals surface area contributed by atoms with Crippen molar-refractivity contribution >= 4 is 30.1 Å². The van der Waals surface area contributed by atoms with Gasteiger partial charge in [0, 0.05) is 40.0 Å². The lowest BCUT2D eigenvalue weighted by Crippen LogP contribution is -2.30. The van der Waals surface area contributed by atoms with Crippen molar-refractivity contribution < 1.29 is 0 Å². The Labute approximate surface area is 163 Å². The Hall–Kier alpha value is -1.000. The molecule has 0 aliphatic heterocycles. The molecule has 0 unspecified atom stereocenters. The standard InChI is InChI=1S/C21H32N2S2/c1-16(2)25-15-20(3,4)23-13-9-12-19(23)17-10-7-8-11-18(17)22-14-21(5,6)24/h7-13,16,22,24H,14-15H2,1-6H3. The molecule has 0 aliphatic carbocycles. The molecule has 4 heteroatoms. The fraction of sp³-hybridized carbons (Fsp3) is 0.524. The summed E-state index contributed by atoms with van der Waals surface area (Å²) in [4.78, 5) is 0. The van der Waals surface area contributed by atoms with E-state index in [1.54, 1.807) is 0 Å². The second-order valence-electron chi connectivity index (χ2n) is 8.15. The SMILES string of the molecule is CC(C)SCC(C)(C)n1cccc1-c1ccccc1NCC(C)(C)S. The topological polar surface area (TPSA) is 17.0 Å². The van der Waals surface area contributed by atoms with Crippen molar-refractivity contribution in [1.82, 2.24) is 4.57 Å². The number of hydrogen-bond donors (Lipinski definition) is 2. The third-order valence-corrected chi connectivity index (χ3v) is 5.78. The van der Waals surface area contributed by atoms with E-state index in [1.807, 2.05) is 11.8 Å². The van der Waals surface area contributed by atoms with Crippen LogP contribution in [0.3, 0.4) is 0 Å². The van der Waals surface area contributed by atoms with Gasteiger partial charge in [0.15, 0.2) is 0 Å². The number of rotatable bonds is 8. The second-order valence-corrected chi connectivity index (χ2v) is 10.9. The van der Waals surface area contributed by atoms with Crippen LogP contribution in [-0.4, -0.2) is 26.9 Å². The van der Waals surface area contributed by atoms with Gasteiger partial charge in [0.05, 0.1) is 5.69 Å². The van der Waals surface area contributed by atoms with Crippen molar-refractivity contribution in [2.24, 2.45) is 0 Å². The maximum atomic E-state index is 4.64. The minimum Gasteiger partial charge on any atom is -0.383 e. The van der Waals surface area contributed by atoms with Gasteiger partial charge in [-0.25, -0.2) is 0 Å². The van der Waals surface area contributed by atoms with E-state index < -0.39 is 0 Å². The van der Waals surface area contributed by atoms with Gasteiger partial charge in [-0.15, -0.1) is 0 Å². The summed E-state index contributed by atoms with van der Waals surface area (Å²) in [7, 11) is 0. The van der Waals surface area contributed by atoms with E-state index in [2.05, 4.69) is 107 Å². The van der Waals surface area contributed by atoms with Crippen LogP contribution in [0.5, 0.6) is 0 Å². The maximum absolute atomic E-state index is 4.64. The summed E-state index contributed by atoms with van der Waals surface area (Å²) in [5.74, 6) is 1.09. The average Bonchev–Trinajstić information content (AvgIpc) is 3.01. The molecule has 1 heterocycles. The van der Waals surface area contributed by atoms with Crippen molar-refractivity contribution in [2.75, 3.05) is 17.6 Å². The summed E-state index contributed by atoms with van der Waals surface area (Å²) < 4.78 is 2.36. The van der Waals surface area contributed by atoms with E-state index in [0.717, 1.165) is 18.0 Å². The molecule has 0 saturated heterocycles. The number of benzene rings is 1. The summed E-state index contributed by atoms with van der Waals surface area (Å²) >= 11 is 6.65. The van der Waals surface area contributed by atoms with Gasteiger partial charge in [0.1, 0.15) is 0 Å². The maximum Gasteiger partial charge on any atom is 0.0506 e. The molecule has 0 saturated carbocycles. The van der Waals surface area contributed by atoms with Gasteiger partial charge >= 0.3 is 0 Å². The molecule has 25 heavy (non-hydrogen) atoms. The Morgan fingerprint density at radius 2 is 1.76 bits per heavy atom. The summed E-state index contributed by atoms with van der Waals surface area (Å²) in [5.41, 5.74) is 3.72. The first-order valence-corrected chi connectivity index (χ1v) is 10.4. The van der Waals surface area contributed by atoms with E-state index in [-0.39, 0.29) is 10.3 Å². The van der Waals surface area contributed by atoms with Crippen LogP contribution in [0.15, 0.2) is 42.6 Å². The molecule has 1 aromatic carbocycles. The molecule has 0 spiro atoms. The third-order valence-electron chi connectivity index (χ3n) is 4.09. The van der Waals surface area contributed by atoms with Crippen molar-refractivity contribution in [2.45, 2.75) is 57.1 Å². The highest BCUT2D eigenvalue weighted by Crippen LogP contribution is 2.34. The predicted molar refractivity (Wildman–Crippen MR) is 118 cm³/mol. The highest BCUT2D eigenvalue weighted by molar-refractivity contribution is 7.99. The Morgan fingerprint density at radius 3 is 2.40 bits per heavy atom. The van der Waals surface area contributed by atoms with Gasteiger partial charge in [0.2, 0.25) is 0 Å². The third kappa shape index (κ3) is 5.75. The first-order valence-electron chi connectivity index (χ1n) is 8.95. The molecular formula is C21H32N2S2. The molecule has 0 bridgehead atoms. The molecule has 1 aromatic heterocycles. The minimum absolute atomic E-state index is 0.0533. The van der Waals surface area contributed by atoms with Crippen LogP contribution < -0.4 is 5.32 Å². The zero-order valence-corrected chi connectivity index (χ0v) is 18.0. The van der Waals surface area contributed by atoms with Gasteiger partial charge < -0.3 is 9.88 Å². The Balaban J connectivity index is 2.33. The lowest BCUT2D eigenvalue weighted by atomic mass is 10.0. The van der Waals surface area contributed by atoms with E-state index in [9.17, 15) is 0 Å². The van der Waals surface area contributed by atoms with Crippen LogP contribution in [0.1, 0.15) is 41.5 Å². The summed E-state index contributed by atoms with van der Waals surface area (Å²) in [6, 6.07) is 12.9. The van der Waals surface area contributed by atoms with Crippen LogP contribution >= 0.6 is 24.4 Å². The molecule has 0 aliphatic rings. The smallest absolute Gasteiger partial charge is 0.0506 e. The van der Waals surface area contributed by atoms with Crippen molar-refractivity contribution in [3.63, 3.8) is 0 Å². The summed E-state index contributed by atoms with van der Waals surface area (Å²) in [6.07, 6.45) is 2.20. The molecule has 2 rings (SSSR count). The van der Waals surface area contributed by atoms with Crippen LogP contribution in [0.2, 0.25) is 0 Å². The van der Waals surface area contributed by atoms with Crippen molar-refractivity contribution in [3.8, 4) is 11.3 Å². The normalized spacial score (nSPS) is 12.6. The number of nitrogens with one attached hydrogen (secondary N) is 1. The molecule has 0 atom stereocenters. The zero-order valence-electron chi connectivity index (χ0n) is 16.3. The fourth-order valence-corrected chi connectivity index (χ4v) is 3.70. The average molecular weight is 377 g/mol. The lowest BCUT2D eigenvalue weighted by molar-refractivity contribution is 0.411. The number of anilines is 1. The summed E-state index contributed by atoms with van der Waals surface area (Å²) in [5, 5.41) is 4.22. The molecule has 0 amide bonds. The largest absolute Gasteiger partial charge is 0.383 e. The number of thiol groups is 1. The molecule has 0 radical (unpaired) electrons. The lowest BCUT2D eigenvalue weighted by Gasteiger charge is -2.30. The van der Waals surface area contributed by atoms with Crippen LogP contribution in [0.25, 0.3) is 11.3 Å². The van der Waals surface area contributed by atoms with Crippen molar-refractivity contribution in [1.29, 1.82) is 0 Å². The van der Waals surface area contributed by atoms with Crippen LogP contribution in [0, 0.1) is 0 Å². The van der Waals surface area contributed by atoms with E-state index in [1.165, 1.54) is 11.3 Å². The number of aromatic nitrogens is 1. The highest BCUT2D eigenvalue weighted by atomic mass is 32.2. The molecular weight excluding hydrogens is 344 g/mol. The number of thioether (sulfide) groups is 1. The monoisotopic (exact) mass is 376 g/mol. The van der Waals surface area contributed by atoms with E-state index in [0.29, 0.717) is 5.25 Å². The second kappa shape index (κ2) is 8.13. The highest BCUT2D eigenvalue weighted by Gasteiger charge is 2.24. The molecule has 138 valence electrons. The predicted octanol–water partition coefficient (Wildman–Crippen LogP) is 6.15. The van der Waals surface area contributed by atoms with Crippen molar-refractivity contribution in [3.05, 3.63) is 42.6 Å². The zero-order chi connectivity index (χ0) is 18.7. The number of hydrogen-bond acceptors (Lipinski definition) is 3. The Morgan fingerprint density at radius 1 is 1.08 bits per heavy atom. The molecule has 1 N–H and O–H groups in total. The molecule has 2 aromatic rings. The molecule has 2 nitrogen and oxygen atoms in total. The minimum atomic E-state index is -0.0533. The number of nitrogens with zero attached hydrogens (tertiary/aromatic N) is 1. The Kier molecular flexibility index (Phi) is 6.61. The van der Waals surface area contributed by atoms with Gasteiger partial charge in [0.25, 0.3) is 0 Å². The fourth-order valence-electron chi connectivity index (χ4n) is 2.74. The first-order chi connectivity index (χ1) is 11.6. The van der Waals surface area contributed by atoms with E-state index >= 15 is 0 Å². The number of para-hydroxylation sites is 1. The van der Waals surface area contributed by atoms with Gasteiger partial charge in [-0.2, -0.15) is 24.4 Å². The van der Waals surface area contributed by atoms with Gasteiger partial charge in [-0.05, 0) is 51.1 Å². The Bertz CT molecular complexity index is 681. The summed E-state index contributed by atoms with van der Waals surface area (Å²) in [6.45, 7) is 14.2. The quantitative estimate of drug-likeness (QED) is 0.538. The van der Waals surface area contributed by atoms with Crippen LogP contribution in [-0.2, 0) is 5.54 Å². The van der Waals surface area contributed by atoms with Gasteiger partial charge in [-0.3, -0.25) is 0 Å². The van der Waals surface area contributed by atoms with Crippen LogP contribution in [0.4, 0.5) is 5.69 Å². The first kappa shape index (κ1) is 20.3. The van der Waals surface area contributed by atoms with E-state index in [4.69, 9.17) is 0 Å².